The fraction of sp³-hybridized carbons (Fsp3) is 0.316. The lowest BCUT2D eigenvalue weighted by Gasteiger charge is -2.29. The van der Waals surface area contributed by atoms with E-state index in [-0.39, 0.29) is 29.7 Å². The van der Waals surface area contributed by atoms with E-state index < -0.39 is 5.69 Å². The minimum Gasteiger partial charge on any atom is -0.464 e. The summed E-state index contributed by atoms with van der Waals surface area (Å²) in [4.78, 5) is 39.5. The molecule has 4 aromatic heterocycles. The molecule has 3 N–H and O–H groups in total. The van der Waals surface area contributed by atoms with Crippen LogP contribution in [-0.2, 0) is 0 Å². The van der Waals surface area contributed by atoms with Crippen LogP contribution in [0.15, 0.2) is 77.9 Å². The number of aromatic nitrogens is 8. The molecule has 2 aromatic carbocycles. The van der Waals surface area contributed by atoms with Crippen LogP contribution in [0, 0.1) is 11.6 Å². The largest absolute Gasteiger partial charge is 0.464 e. The third-order valence-corrected chi connectivity index (χ3v) is 9.68. The molecule has 0 amide bonds. The van der Waals surface area contributed by atoms with Crippen LogP contribution >= 0.6 is 0 Å². The number of piperidine rings is 2. The molecule has 52 heavy (non-hydrogen) atoms. The van der Waals surface area contributed by atoms with Gasteiger partial charge in [-0.3, -0.25) is 0 Å². The van der Waals surface area contributed by atoms with Gasteiger partial charge in [-0.15, -0.1) is 0 Å². The van der Waals surface area contributed by atoms with Crippen LogP contribution in [0.25, 0.3) is 56.9 Å². The predicted molar refractivity (Wildman–Crippen MR) is 193 cm³/mol. The van der Waals surface area contributed by atoms with Crippen molar-refractivity contribution >= 4 is 0 Å². The number of ether oxygens (including phenoxy) is 1. The Morgan fingerprint density at radius 2 is 1.21 bits per heavy atom. The summed E-state index contributed by atoms with van der Waals surface area (Å²) in [6.07, 6.45) is 6.36. The van der Waals surface area contributed by atoms with Crippen LogP contribution < -0.4 is 21.1 Å². The van der Waals surface area contributed by atoms with Crippen molar-refractivity contribution in [3.8, 4) is 62.9 Å². The first kappa shape index (κ1) is 33.5. The lowest BCUT2D eigenvalue weighted by Crippen LogP contribution is -2.31. The van der Waals surface area contributed by atoms with E-state index >= 15 is 0 Å². The van der Waals surface area contributed by atoms with Crippen LogP contribution in [0.1, 0.15) is 44.7 Å². The molecule has 12 nitrogen and oxygen atoms in total. The molecule has 0 saturated carbocycles. The molecule has 0 atom stereocenters. The van der Waals surface area contributed by atoms with Crippen molar-refractivity contribution in [1.82, 2.24) is 49.7 Å². The van der Waals surface area contributed by atoms with Gasteiger partial charge in [0.15, 0.2) is 11.6 Å². The number of nitrogens with one attached hydrogen (secondary N) is 3. The third-order valence-electron chi connectivity index (χ3n) is 9.68. The van der Waals surface area contributed by atoms with E-state index in [0.717, 1.165) is 57.6 Å². The summed E-state index contributed by atoms with van der Waals surface area (Å²) in [6, 6.07) is 16.3. The van der Waals surface area contributed by atoms with Crippen LogP contribution in [-0.4, -0.2) is 71.8 Å². The summed E-state index contributed by atoms with van der Waals surface area (Å²) in [6.45, 7) is 5.45. The van der Waals surface area contributed by atoms with Crippen molar-refractivity contribution in [3.63, 3.8) is 0 Å². The van der Waals surface area contributed by atoms with Crippen molar-refractivity contribution in [2.24, 2.45) is 0 Å². The Morgan fingerprint density at radius 3 is 1.75 bits per heavy atom. The Hall–Kier alpha value is -5.60. The lowest BCUT2D eigenvalue weighted by atomic mass is 10.0. The highest BCUT2D eigenvalue weighted by atomic mass is 19.1. The molecule has 2 aliphatic heterocycles. The number of rotatable bonds is 9. The Balaban J connectivity index is 1.48. The lowest BCUT2D eigenvalue weighted by molar-refractivity contribution is 0.312. The zero-order valence-electron chi connectivity index (χ0n) is 28.6. The topological polar surface area (TPSA) is 140 Å². The van der Waals surface area contributed by atoms with Gasteiger partial charge in [0.2, 0.25) is 0 Å². The molecule has 2 saturated heterocycles. The molecule has 0 unspecified atom stereocenters. The summed E-state index contributed by atoms with van der Waals surface area (Å²) >= 11 is 0. The Kier molecular flexibility index (Phi) is 9.39. The fourth-order valence-electron chi connectivity index (χ4n) is 7.32. The highest BCUT2D eigenvalue weighted by Gasteiger charge is 2.34. The van der Waals surface area contributed by atoms with Gasteiger partial charge in [-0.1, -0.05) is 0 Å². The highest BCUT2D eigenvalue weighted by Crippen LogP contribution is 2.44. The number of nitrogens with zero attached hydrogens (tertiary/aromatic N) is 7. The average molecular weight is 705 g/mol. The van der Waals surface area contributed by atoms with Gasteiger partial charge in [0, 0.05) is 35.6 Å². The maximum absolute atomic E-state index is 14.3. The summed E-state index contributed by atoms with van der Waals surface area (Å²) in [5, 5.41) is 6.95. The van der Waals surface area contributed by atoms with E-state index in [9.17, 15) is 13.6 Å². The molecule has 2 fully saturated rings. The maximum atomic E-state index is 14.3. The van der Waals surface area contributed by atoms with Crippen molar-refractivity contribution in [2.75, 3.05) is 32.8 Å². The molecular weight excluding hydrogens is 666 g/mol. The molecule has 0 radical (unpaired) electrons. The molecule has 266 valence electrons. The molecule has 14 heteroatoms. The van der Waals surface area contributed by atoms with Gasteiger partial charge in [-0.05, 0) is 119 Å². The summed E-state index contributed by atoms with van der Waals surface area (Å²) in [7, 11) is 0. The van der Waals surface area contributed by atoms with Crippen LogP contribution in [0.2, 0.25) is 0 Å². The van der Waals surface area contributed by atoms with Crippen LogP contribution in [0.4, 0.5) is 8.78 Å². The average Bonchev–Trinajstić information content (AvgIpc) is 3.77. The van der Waals surface area contributed by atoms with Crippen LogP contribution in [0.3, 0.4) is 0 Å². The first-order valence-electron chi connectivity index (χ1n) is 17.7. The fourth-order valence-corrected chi connectivity index (χ4v) is 7.32. The van der Waals surface area contributed by atoms with Gasteiger partial charge >= 0.3 is 11.7 Å². The molecule has 6 aromatic rings. The zero-order valence-corrected chi connectivity index (χ0v) is 28.6. The molecular formula is C38H38F2N10O2. The van der Waals surface area contributed by atoms with Crippen LogP contribution in [0.5, 0.6) is 6.01 Å². The van der Waals surface area contributed by atoms with E-state index in [4.69, 9.17) is 19.7 Å². The van der Waals surface area contributed by atoms with Crippen molar-refractivity contribution < 1.29 is 13.5 Å². The summed E-state index contributed by atoms with van der Waals surface area (Å²) in [5.41, 5.74) is 4.63. The molecule has 0 aliphatic carbocycles. The number of H-pyrrole nitrogens is 1. The zero-order chi connectivity index (χ0) is 35.6. The molecule has 0 bridgehead atoms. The van der Waals surface area contributed by atoms with Crippen molar-refractivity contribution in [2.45, 2.75) is 44.7 Å². The Bertz CT molecular complexity index is 2240. The minimum absolute atomic E-state index is 0.00455. The van der Waals surface area contributed by atoms with Gasteiger partial charge in [-0.25, -0.2) is 33.5 Å². The second kappa shape index (κ2) is 14.6. The van der Waals surface area contributed by atoms with E-state index in [1.54, 1.807) is 36.5 Å². The molecule has 0 spiro atoms. The van der Waals surface area contributed by atoms with Gasteiger partial charge < -0.3 is 29.5 Å². The first-order chi connectivity index (χ1) is 25.5. The van der Waals surface area contributed by atoms with Crippen molar-refractivity contribution in [3.05, 3.63) is 95.2 Å². The number of imidazole rings is 2. The van der Waals surface area contributed by atoms with Crippen molar-refractivity contribution in [1.29, 1.82) is 0 Å². The Labute approximate surface area is 298 Å². The quantitative estimate of drug-likeness (QED) is 0.170. The van der Waals surface area contributed by atoms with E-state index in [0.29, 0.717) is 57.9 Å². The minimum atomic E-state index is -0.492. The molecule has 6 heterocycles. The SMILES string of the molecule is CCOc1nccc(-c2c(-c3ccc(F)cc3)nc(-c3nc(-c4ccc(F)cc4)c(-c4ccnc(=O)[nH]4)n3C3CCNCC3)n2C2CCNCC2)n1. The van der Waals surface area contributed by atoms with Gasteiger partial charge in [0.25, 0.3) is 0 Å². The summed E-state index contributed by atoms with van der Waals surface area (Å²) < 4.78 is 38.8. The van der Waals surface area contributed by atoms with E-state index in [1.165, 1.54) is 30.5 Å². The molecule has 2 aliphatic rings. The number of hydrogen-bond acceptors (Lipinski definition) is 9. The second-order valence-corrected chi connectivity index (χ2v) is 12.9. The Morgan fingerprint density at radius 1 is 0.692 bits per heavy atom. The first-order valence-corrected chi connectivity index (χ1v) is 17.7. The number of aromatic amines is 1. The van der Waals surface area contributed by atoms with Gasteiger partial charge in [0.1, 0.15) is 11.6 Å². The number of benzene rings is 2. The second-order valence-electron chi connectivity index (χ2n) is 12.9. The van der Waals surface area contributed by atoms with Gasteiger partial charge in [0.05, 0.1) is 40.8 Å². The van der Waals surface area contributed by atoms with E-state index in [2.05, 4.69) is 34.7 Å². The molecule has 8 rings (SSSR count). The number of halogens is 2. The van der Waals surface area contributed by atoms with E-state index in [1.807, 2.05) is 13.0 Å². The predicted octanol–water partition coefficient (Wildman–Crippen LogP) is 5.81. The third kappa shape index (κ3) is 6.50. The standard InChI is InChI=1S/C38H38F2N10O2/c1-2-52-38-44-22-16-30(46-38)34-32(24-5-9-26(40)10-6-24)48-36(50(34)28-13-19-42-20-14-28)35-47-31(23-3-7-25(39)8-4-23)33(29-15-21-43-37(51)45-29)49(35)27-11-17-41-18-12-27/h3-10,15-16,21-22,27-28,41-42H,2,11-14,17-20H2,1H3,(H,43,45,51). The number of hydrogen-bond donors (Lipinski definition) is 3. The smallest absolute Gasteiger partial charge is 0.345 e. The maximum Gasteiger partial charge on any atom is 0.345 e. The normalized spacial score (nSPS) is 15.6. The highest BCUT2D eigenvalue weighted by molar-refractivity contribution is 5.83. The van der Waals surface area contributed by atoms with Gasteiger partial charge in [-0.2, -0.15) is 4.98 Å². The monoisotopic (exact) mass is 704 g/mol. The summed E-state index contributed by atoms with van der Waals surface area (Å²) in [5.74, 6) is 0.464.